The third kappa shape index (κ3) is 2.97. The van der Waals surface area contributed by atoms with Gasteiger partial charge in [-0.2, -0.15) is 0 Å². The Balaban J connectivity index is 2.34. The highest BCUT2D eigenvalue weighted by Gasteiger charge is 2.33. The van der Waals surface area contributed by atoms with E-state index < -0.39 is 6.04 Å². The summed E-state index contributed by atoms with van der Waals surface area (Å²) in [7, 11) is 0. The number of halogens is 1. The van der Waals surface area contributed by atoms with Gasteiger partial charge in [-0.15, -0.1) is 0 Å². The summed E-state index contributed by atoms with van der Waals surface area (Å²) in [5.41, 5.74) is 1.79. The van der Waals surface area contributed by atoms with E-state index in [-0.39, 0.29) is 18.4 Å². The van der Waals surface area contributed by atoms with E-state index in [9.17, 15) is 9.59 Å². The van der Waals surface area contributed by atoms with Crippen LogP contribution < -0.4 is 10.2 Å². The molecule has 5 heteroatoms. The normalized spacial score (nSPS) is 19.5. The molecule has 19 heavy (non-hydrogen) atoms. The monoisotopic (exact) mass is 324 g/mol. The Morgan fingerprint density at radius 2 is 2.16 bits per heavy atom. The molecular formula is C14H17BrN2O2. The van der Waals surface area contributed by atoms with Crippen molar-refractivity contribution < 1.29 is 9.59 Å². The Hall–Kier alpha value is -1.36. The molecular weight excluding hydrogens is 308 g/mol. The SMILES string of the molecule is CCCC1NC(=O)CN(c2cc(Br)ccc2C)C1=O. The van der Waals surface area contributed by atoms with E-state index in [4.69, 9.17) is 0 Å². The number of amides is 2. The molecule has 0 radical (unpaired) electrons. The van der Waals surface area contributed by atoms with Crippen molar-refractivity contribution in [2.75, 3.05) is 11.4 Å². The number of rotatable bonds is 3. The van der Waals surface area contributed by atoms with E-state index in [1.165, 1.54) is 0 Å². The Bertz CT molecular complexity index is 516. The molecule has 1 heterocycles. The topological polar surface area (TPSA) is 49.4 Å². The van der Waals surface area contributed by atoms with Crippen molar-refractivity contribution in [2.24, 2.45) is 0 Å². The zero-order valence-electron chi connectivity index (χ0n) is 11.1. The quantitative estimate of drug-likeness (QED) is 0.928. The standard InChI is InChI=1S/C14H17BrN2O2/c1-3-4-11-14(19)17(8-13(18)16-11)12-7-10(15)6-5-9(12)2/h5-7,11H,3-4,8H2,1-2H3,(H,16,18). The molecule has 0 bridgehead atoms. The number of nitrogens with one attached hydrogen (secondary N) is 1. The van der Waals surface area contributed by atoms with E-state index in [1.54, 1.807) is 4.90 Å². The summed E-state index contributed by atoms with van der Waals surface area (Å²) in [6.07, 6.45) is 1.54. The second kappa shape index (κ2) is 5.74. The largest absolute Gasteiger partial charge is 0.343 e. The first-order chi connectivity index (χ1) is 9.02. The summed E-state index contributed by atoms with van der Waals surface area (Å²) in [5.74, 6) is -0.125. The van der Waals surface area contributed by atoms with Gasteiger partial charge in [0.05, 0.1) is 0 Å². The number of hydrogen-bond donors (Lipinski definition) is 1. The average molecular weight is 325 g/mol. The molecule has 0 spiro atoms. The van der Waals surface area contributed by atoms with Crippen LogP contribution >= 0.6 is 15.9 Å². The van der Waals surface area contributed by atoms with Gasteiger partial charge in [0.25, 0.3) is 0 Å². The van der Waals surface area contributed by atoms with Crippen LogP contribution in [0, 0.1) is 6.92 Å². The summed E-state index contributed by atoms with van der Waals surface area (Å²) in [6.45, 7) is 4.04. The zero-order valence-corrected chi connectivity index (χ0v) is 12.7. The van der Waals surface area contributed by atoms with E-state index >= 15 is 0 Å². The predicted octanol–water partition coefficient (Wildman–Crippen LogP) is 2.39. The second-order valence-electron chi connectivity index (χ2n) is 4.76. The minimum Gasteiger partial charge on any atom is -0.343 e. The molecule has 1 fully saturated rings. The smallest absolute Gasteiger partial charge is 0.250 e. The molecule has 1 saturated heterocycles. The summed E-state index contributed by atoms with van der Waals surface area (Å²) in [5, 5.41) is 2.76. The first-order valence-corrected chi connectivity index (χ1v) is 7.19. The van der Waals surface area contributed by atoms with Crippen LogP contribution in [0.3, 0.4) is 0 Å². The average Bonchev–Trinajstić information content (AvgIpc) is 2.37. The van der Waals surface area contributed by atoms with E-state index in [2.05, 4.69) is 21.2 Å². The van der Waals surface area contributed by atoms with E-state index in [0.717, 1.165) is 22.1 Å². The Morgan fingerprint density at radius 3 is 2.84 bits per heavy atom. The summed E-state index contributed by atoms with van der Waals surface area (Å²) < 4.78 is 0.902. The van der Waals surface area contributed by atoms with Crippen LogP contribution in [-0.2, 0) is 9.59 Å². The van der Waals surface area contributed by atoms with Crippen LogP contribution in [0.5, 0.6) is 0 Å². The summed E-state index contributed by atoms with van der Waals surface area (Å²) >= 11 is 3.41. The fraction of sp³-hybridized carbons (Fsp3) is 0.429. The molecule has 1 aliphatic heterocycles. The highest BCUT2D eigenvalue weighted by Crippen LogP contribution is 2.26. The maximum absolute atomic E-state index is 12.4. The molecule has 1 unspecified atom stereocenters. The minimum atomic E-state index is -0.398. The molecule has 1 atom stereocenters. The van der Waals surface area contributed by atoms with Gasteiger partial charge in [0, 0.05) is 10.2 Å². The zero-order chi connectivity index (χ0) is 14.0. The fourth-order valence-electron chi connectivity index (χ4n) is 2.27. The van der Waals surface area contributed by atoms with Crippen molar-refractivity contribution >= 4 is 33.4 Å². The lowest BCUT2D eigenvalue weighted by Gasteiger charge is -2.33. The molecule has 1 N–H and O–H groups in total. The number of hydrogen-bond acceptors (Lipinski definition) is 2. The first-order valence-electron chi connectivity index (χ1n) is 6.39. The number of aryl methyl sites for hydroxylation is 1. The number of piperazine rings is 1. The number of benzene rings is 1. The van der Waals surface area contributed by atoms with Crippen molar-refractivity contribution in [3.63, 3.8) is 0 Å². The Morgan fingerprint density at radius 1 is 1.42 bits per heavy atom. The number of carbonyl (C=O) groups is 2. The minimum absolute atomic E-state index is 0.0253. The van der Waals surface area contributed by atoms with Crippen LogP contribution in [0.4, 0.5) is 5.69 Å². The number of anilines is 1. The lowest BCUT2D eigenvalue weighted by molar-refractivity contribution is -0.131. The van der Waals surface area contributed by atoms with Crippen molar-refractivity contribution in [2.45, 2.75) is 32.7 Å². The second-order valence-corrected chi connectivity index (χ2v) is 5.68. The lowest BCUT2D eigenvalue weighted by Crippen LogP contribution is -2.58. The lowest BCUT2D eigenvalue weighted by atomic mass is 10.1. The van der Waals surface area contributed by atoms with E-state index in [1.807, 2.05) is 32.0 Å². The van der Waals surface area contributed by atoms with Crippen LogP contribution in [0.25, 0.3) is 0 Å². The third-order valence-electron chi connectivity index (χ3n) is 3.24. The van der Waals surface area contributed by atoms with Gasteiger partial charge in [0.15, 0.2) is 0 Å². The number of nitrogens with zero attached hydrogens (tertiary/aromatic N) is 1. The van der Waals surface area contributed by atoms with Gasteiger partial charge in [0.1, 0.15) is 12.6 Å². The third-order valence-corrected chi connectivity index (χ3v) is 3.73. The van der Waals surface area contributed by atoms with Gasteiger partial charge >= 0.3 is 0 Å². The molecule has 0 aliphatic carbocycles. The van der Waals surface area contributed by atoms with Crippen molar-refractivity contribution in [3.05, 3.63) is 28.2 Å². The fourth-order valence-corrected chi connectivity index (χ4v) is 2.62. The van der Waals surface area contributed by atoms with Crippen LogP contribution in [0.15, 0.2) is 22.7 Å². The van der Waals surface area contributed by atoms with Crippen LogP contribution in [0.1, 0.15) is 25.3 Å². The molecule has 2 amide bonds. The van der Waals surface area contributed by atoms with Crippen LogP contribution in [-0.4, -0.2) is 24.4 Å². The first kappa shape index (κ1) is 14.1. The van der Waals surface area contributed by atoms with Gasteiger partial charge in [-0.3, -0.25) is 9.59 Å². The van der Waals surface area contributed by atoms with Crippen LogP contribution in [0.2, 0.25) is 0 Å². The van der Waals surface area contributed by atoms with Crippen molar-refractivity contribution in [1.29, 1.82) is 0 Å². The van der Waals surface area contributed by atoms with Crippen molar-refractivity contribution in [1.82, 2.24) is 5.32 Å². The maximum atomic E-state index is 12.4. The summed E-state index contributed by atoms with van der Waals surface area (Å²) in [6, 6.07) is 5.35. The Kier molecular flexibility index (Phi) is 4.24. The molecule has 0 saturated carbocycles. The van der Waals surface area contributed by atoms with Gasteiger partial charge < -0.3 is 10.2 Å². The van der Waals surface area contributed by atoms with Gasteiger partial charge in [-0.1, -0.05) is 35.3 Å². The van der Waals surface area contributed by atoms with Gasteiger partial charge in [-0.25, -0.2) is 0 Å². The molecule has 0 aromatic heterocycles. The Labute approximate surface area is 121 Å². The molecule has 1 aromatic rings. The van der Waals surface area contributed by atoms with Crippen molar-refractivity contribution in [3.8, 4) is 0 Å². The van der Waals surface area contributed by atoms with E-state index in [0.29, 0.717) is 6.42 Å². The molecule has 102 valence electrons. The number of carbonyl (C=O) groups excluding carboxylic acids is 2. The molecule has 1 aliphatic rings. The highest BCUT2D eigenvalue weighted by molar-refractivity contribution is 9.10. The predicted molar refractivity (Wildman–Crippen MR) is 78.1 cm³/mol. The highest BCUT2D eigenvalue weighted by atomic mass is 79.9. The molecule has 4 nitrogen and oxygen atoms in total. The maximum Gasteiger partial charge on any atom is 0.250 e. The van der Waals surface area contributed by atoms with Gasteiger partial charge in [0.2, 0.25) is 11.8 Å². The molecule has 2 rings (SSSR count). The summed E-state index contributed by atoms with van der Waals surface area (Å²) in [4.78, 5) is 25.8. The van der Waals surface area contributed by atoms with Gasteiger partial charge in [-0.05, 0) is 31.0 Å². The molecule has 1 aromatic carbocycles.